The maximum absolute atomic E-state index is 10.6. The summed E-state index contributed by atoms with van der Waals surface area (Å²) in [5, 5.41) is 0. The standard InChI is InChI=1S/C12H15BrO/c1-9(2)12(6-7-14)10-4-3-5-11(13)8-10/h3-5,7-9,12H,6H2,1-2H3. The van der Waals surface area contributed by atoms with Gasteiger partial charge >= 0.3 is 0 Å². The minimum Gasteiger partial charge on any atom is -0.303 e. The Morgan fingerprint density at radius 2 is 2.14 bits per heavy atom. The van der Waals surface area contributed by atoms with Crippen molar-refractivity contribution in [1.82, 2.24) is 0 Å². The van der Waals surface area contributed by atoms with Crippen molar-refractivity contribution in [2.45, 2.75) is 26.2 Å². The van der Waals surface area contributed by atoms with Crippen molar-refractivity contribution in [3.05, 3.63) is 34.3 Å². The predicted molar refractivity (Wildman–Crippen MR) is 62.4 cm³/mol. The summed E-state index contributed by atoms with van der Waals surface area (Å²) in [6, 6.07) is 8.19. The molecule has 0 saturated heterocycles. The lowest BCUT2D eigenvalue weighted by molar-refractivity contribution is -0.108. The van der Waals surface area contributed by atoms with Crippen molar-refractivity contribution in [2.75, 3.05) is 0 Å². The van der Waals surface area contributed by atoms with E-state index in [1.165, 1.54) is 5.56 Å². The molecule has 1 aromatic carbocycles. The van der Waals surface area contributed by atoms with Crippen molar-refractivity contribution in [1.29, 1.82) is 0 Å². The van der Waals surface area contributed by atoms with Gasteiger partial charge in [0.15, 0.2) is 0 Å². The average Bonchev–Trinajstić information content (AvgIpc) is 2.13. The third kappa shape index (κ3) is 2.95. The summed E-state index contributed by atoms with van der Waals surface area (Å²) in [4.78, 5) is 10.6. The molecule has 1 rings (SSSR count). The molecule has 0 heterocycles. The zero-order valence-corrected chi connectivity index (χ0v) is 10.1. The van der Waals surface area contributed by atoms with Gasteiger partial charge in [-0.2, -0.15) is 0 Å². The lowest BCUT2D eigenvalue weighted by Crippen LogP contribution is -2.07. The smallest absolute Gasteiger partial charge is 0.120 e. The van der Waals surface area contributed by atoms with Gasteiger partial charge in [-0.05, 0) is 29.5 Å². The predicted octanol–water partition coefficient (Wildman–Crippen LogP) is 3.78. The fraction of sp³-hybridized carbons (Fsp3) is 0.417. The Balaban J connectivity index is 2.92. The highest BCUT2D eigenvalue weighted by molar-refractivity contribution is 9.10. The van der Waals surface area contributed by atoms with E-state index in [-0.39, 0.29) is 0 Å². The molecule has 1 atom stereocenters. The van der Waals surface area contributed by atoms with Crippen molar-refractivity contribution in [2.24, 2.45) is 5.92 Å². The number of benzene rings is 1. The van der Waals surface area contributed by atoms with Crippen molar-refractivity contribution >= 4 is 22.2 Å². The van der Waals surface area contributed by atoms with Crippen LogP contribution in [0.3, 0.4) is 0 Å². The van der Waals surface area contributed by atoms with Crippen molar-refractivity contribution in [3.8, 4) is 0 Å². The number of carbonyl (C=O) groups excluding carboxylic acids is 1. The number of rotatable bonds is 4. The van der Waals surface area contributed by atoms with Crippen LogP contribution in [0.15, 0.2) is 28.7 Å². The van der Waals surface area contributed by atoms with Gasteiger partial charge in [0.1, 0.15) is 6.29 Å². The number of aldehydes is 1. The highest BCUT2D eigenvalue weighted by Gasteiger charge is 2.15. The van der Waals surface area contributed by atoms with Gasteiger partial charge in [-0.15, -0.1) is 0 Å². The maximum atomic E-state index is 10.6. The second-order valence-electron chi connectivity index (χ2n) is 3.81. The van der Waals surface area contributed by atoms with Gasteiger partial charge in [0.05, 0.1) is 0 Å². The minimum absolute atomic E-state index is 0.338. The van der Waals surface area contributed by atoms with Crippen LogP contribution in [-0.2, 0) is 4.79 Å². The van der Waals surface area contributed by atoms with Gasteiger partial charge in [-0.3, -0.25) is 0 Å². The quantitative estimate of drug-likeness (QED) is 0.748. The normalized spacial score (nSPS) is 12.9. The molecule has 0 aliphatic rings. The number of halogens is 1. The molecule has 1 aromatic rings. The molecule has 0 N–H and O–H groups in total. The van der Waals surface area contributed by atoms with Crippen LogP contribution >= 0.6 is 15.9 Å². The second kappa shape index (κ2) is 5.30. The van der Waals surface area contributed by atoms with Crippen LogP contribution in [0.5, 0.6) is 0 Å². The van der Waals surface area contributed by atoms with Gasteiger partial charge in [-0.25, -0.2) is 0 Å². The molecule has 0 aliphatic carbocycles. The highest BCUT2D eigenvalue weighted by atomic mass is 79.9. The van der Waals surface area contributed by atoms with Crippen LogP contribution in [0.4, 0.5) is 0 Å². The Kier molecular flexibility index (Phi) is 4.33. The van der Waals surface area contributed by atoms with Crippen LogP contribution in [-0.4, -0.2) is 6.29 Å². The molecular formula is C12H15BrO. The summed E-state index contributed by atoms with van der Waals surface area (Å²) in [6.45, 7) is 4.30. The fourth-order valence-electron chi connectivity index (χ4n) is 1.63. The maximum Gasteiger partial charge on any atom is 0.120 e. The molecule has 0 aromatic heterocycles. The monoisotopic (exact) mass is 254 g/mol. The molecule has 0 amide bonds. The van der Waals surface area contributed by atoms with Gasteiger partial charge in [0.2, 0.25) is 0 Å². The van der Waals surface area contributed by atoms with Gasteiger partial charge in [0.25, 0.3) is 0 Å². The third-order valence-corrected chi connectivity index (χ3v) is 2.92. The first-order valence-corrected chi connectivity index (χ1v) is 5.63. The van der Waals surface area contributed by atoms with Gasteiger partial charge in [0, 0.05) is 10.9 Å². The molecule has 0 radical (unpaired) electrons. The number of hydrogen-bond donors (Lipinski definition) is 0. The summed E-state index contributed by atoms with van der Waals surface area (Å²) in [7, 11) is 0. The molecule has 2 heteroatoms. The van der Waals surface area contributed by atoms with E-state index in [1.54, 1.807) is 0 Å². The molecule has 0 bridgehead atoms. The molecule has 0 saturated carbocycles. The van der Waals surface area contributed by atoms with E-state index in [1.807, 2.05) is 12.1 Å². The SMILES string of the molecule is CC(C)C(CC=O)c1cccc(Br)c1. The fourth-order valence-corrected chi connectivity index (χ4v) is 2.05. The first-order valence-electron chi connectivity index (χ1n) is 4.84. The summed E-state index contributed by atoms with van der Waals surface area (Å²) in [5.74, 6) is 0.833. The van der Waals surface area contributed by atoms with E-state index in [4.69, 9.17) is 0 Å². The topological polar surface area (TPSA) is 17.1 Å². The Bertz CT molecular complexity index is 307. The zero-order chi connectivity index (χ0) is 10.6. The average molecular weight is 255 g/mol. The van der Waals surface area contributed by atoms with Crippen LogP contribution in [0.25, 0.3) is 0 Å². The Morgan fingerprint density at radius 3 is 2.64 bits per heavy atom. The molecule has 0 spiro atoms. The van der Waals surface area contributed by atoms with Gasteiger partial charge in [-0.1, -0.05) is 41.9 Å². The third-order valence-electron chi connectivity index (χ3n) is 2.43. The van der Waals surface area contributed by atoms with E-state index in [2.05, 4.69) is 41.9 Å². The summed E-state index contributed by atoms with van der Waals surface area (Å²) < 4.78 is 1.08. The highest BCUT2D eigenvalue weighted by Crippen LogP contribution is 2.28. The lowest BCUT2D eigenvalue weighted by atomic mass is 9.86. The van der Waals surface area contributed by atoms with Crippen molar-refractivity contribution in [3.63, 3.8) is 0 Å². The van der Waals surface area contributed by atoms with Crippen molar-refractivity contribution < 1.29 is 4.79 Å². The molecule has 76 valence electrons. The Morgan fingerprint density at radius 1 is 1.43 bits per heavy atom. The molecule has 0 aliphatic heterocycles. The van der Waals surface area contributed by atoms with Crippen LogP contribution < -0.4 is 0 Å². The van der Waals surface area contributed by atoms with Gasteiger partial charge < -0.3 is 4.79 Å². The zero-order valence-electron chi connectivity index (χ0n) is 8.53. The van der Waals surface area contributed by atoms with Crippen LogP contribution in [0, 0.1) is 5.92 Å². The molecule has 0 fully saturated rings. The summed E-state index contributed by atoms with van der Waals surface area (Å²) >= 11 is 3.44. The Hall–Kier alpha value is -0.630. The first kappa shape index (κ1) is 11.4. The van der Waals surface area contributed by atoms with E-state index in [9.17, 15) is 4.79 Å². The molecular weight excluding hydrogens is 240 g/mol. The van der Waals surface area contributed by atoms with E-state index < -0.39 is 0 Å². The largest absolute Gasteiger partial charge is 0.303 e. The lowest BCUT2D eigenvalue weighted by Gasteiger charge is -2.18. The first-order chi connectivity index (χ1) is 6.65. The minimum atomic E-state index is 0.338. The van der Waals surface area contributed by atoms with E-state index in [0.29, 0.717) is 18.3 Å². The van der Waals surface area contributed by atoms with E-state index >= 15 is 0 Å². The van der Waals surface area contributed by atoms with Crippen LogP contribution in [0.1, 0.15) is 31.7 Å². The Labute approximate surface area is 93.7 Å². The molecule has 1 unspecified atom stereocenters. The van der Waals surface area contributed by atoms with E-state index in [0.717, 1.165) is 10.8 Å². The number of hydrogen-bond acceptors (Lipinski definition) is 1. The number of carbonyl (C=O) groups is 1. The summed E-state index contributed by atoms with van der Waals surface area (Å²) in [5.41, 5.74) is 1.24. The summed E-state index contributed by atoms with van der Waals surface area (Å²) in [6.07, 6.45) is 1.61. The van der Waals surface area contributed by atoms with Crippen LogP contribution in [0.2, 0.25) is 0 Å². The second-order valence-corrected chi connectivity index (χ2v) is 4.72. The molecule has 1 nitrogen and oxygen atoms in total. The molecule has 14 heavy (non-hydrogen) atoms.